The molecule has 0 bridgehead atoms. The second-order valence-corrected chi connectivity index (χ2v) is 6.46. The molecule has 2 heteroatoms. The molecule has 1 saturated heterocycles. The second kappa shape index (κ2) is 4.28. The third kappa shape index (κ3) is 2.17. The minimum atomic E-state index is 0.365. The van der Waals surface area contributed by atoms with E-state index in [1.54, 1.807) is 5.57 Å². The number of hydrogen-bond acceptors (Lipinski definition) is 2. The summed E-state index contributed by atoms with van der Waals surface area (Å²) in [6, 6.07) is 0.374. The highest BCUT2D eigenvalue weighted by Gasteiger charge is 2.35. The lowest BCUT2D eigenvalue weighted by Crippen LogP contribution is -2.41. The SMILES string of the molecule is CC1(C(N)CC2=CCCC2)CCCS1. The highest BCUT2D eigenvalue weighted by molar-refractivity contribution is 8.00. The zero-order chi connectivity index (χ0) is 10.0. The summed E-state index contributed by atoms with van der Waals surface area (Å²) in [4.78, 5) is 0. The lowest BCUT2D eigenvalue weighted by molar-refractivity contribution is 0.478. The molecule has 1 aliphatic heterocycles. The molecule has 0 radical (unpaired) electrons. The first-order valence-corrected chi connectivity index (χ1v) is 6.77. The van der Waals surface area contributed by atoms with Crippen LogP contribution in [0.5, 0.6) is 0 Å². The molecule has 14 heavy (non-hydrogen) atoms. The van der Waals surface area contributed by atoms with Crippen LogP contribution < -0.4 is 5.73 Å². The fourth-order valence-electron chi connectivity index (χ4n) is 2.51. The van der Waals surface area contributed by atoms with E-state index in [1.165, 1.54) is 37.9 Å². The van der Waals surface area contributed by atoms with E-state index in [9.17, 15) is 0 Å². The minimum Gasteiger partial charge on any atom is -0.326 e. The van der Waals surface area contributed by atoms with Gasteiger partial charge in [0.15, 0.2) is 0 Å². The molecule has 1 aliphatic carbocycles. The average molecular weight is 211 g/mol. The van der Waals surface area contributed by atoms with Crippen molar-refractivity contribution in [3.63, 3.8) is 0 Å². The van der Waals surface area contributed by atoms with Gasteiger partial charge in [0.2, 0.25) is 0 Å². The molecule has 0 aromatic carbocycles. The molecule has 1 nitrogen and oxygen atoms in total. The number of thioether (sulfide) groups is 1. The molecule has 80 valence electrons. The lowest BCUT2D eigenvalue weighted by atomic mass is 9.91. The van der Waals surface area contributed by atoms with E-state index in [4.69, 9.17) is 5.73 Å². The third-order valence-corrected chi connectivity index (χ3v) is 5.31. The summed E-state index contributed by atoms with van der Waals surface area (Å²) in [6.45, 7) is 2.35. The number of allylic oxidation sites excluding steroid dienone is 1. The monoisotopic (exact) mass is 211 g/mol. The van der Waals surface area contributed by atoms with Crippen LogP contribution in [0.1, 0.15) is 45.4 Å². The van der Waals surface area contributed by atoms with E-state index < -0.39 is 0 Å². The summed E-state index contributed by atoms with van der Waals surface area (Å²) in [6.07, 6.45) is 10.2. The van der Waals surface area contributed by atoms with Crippen molar-refractivity contribution in [2.24, 2.45) is 5.73 Å². The van der Waals surface area contributed by atoms with Gasteiger partial charge in [0.1, 0.15) is 0 Å². The summed E-state index contributed by atoms with van der Waals surface area (Å²) in [5.74, 6) is 1.31. The fraction of sp³-hybridized carbons (Fsp3) is 0.833. The Morgan fingerprint density at radius 2 is 2.43 bits per heavy atom. The number of hydrogen-bond donors (Lipinski definition) is 1. The van der Waals surface area contributed by atoms with Gasteiger partial charge in [-0.15, -0.1) is 0 Å². The summed E-state index contributed by atoms with van der Waals surface area (Å²) in [5, 5.41) is 0. The molecule has 2 N–H and O–H groups in total. The molecule has 0 aromatic heterocycles. The van der Waals surface area contributed by atoms with Crippen LogP contribution in [-0.4, -0.2) is 16.5 Å². The maximum absolute atomic E-state index is 6.33. The summed E-state index contributed by atoms with van der Waals surface area (Å²) < 4.78 is 0.365. The first-order valence-electron chi connectivity index (χ1n) is 5.78. The largest absolute Gasteiger partial charge is 0.326 e. The van der Waals surface area contributed by atoms with Gasteiger partial charge in [0.05, 0.1) is 0 Å². The normalized spacial score (nSPS) is 34.6. The van der Waals surface area contributed by atoms with Gasteiger partial charge < -0.3 is 5.73 Å². The molecule has 0 aromatic rings. The van der Waals surface area contributed by atoms with E-state index in [-0.39, 0.29) is 0 Å². The van der Waals surface area contributed by atoms with Crippen molar-refractivity contribution in [2.45, 2.75) is 56.2 Å². The van der Waals surface area contributed by atoms with E-state index in [1.807, 2.05) is 0 Å². The van der Waals surface area contributed by atoms with Gasteiger partial charge in [-0.1, -0.05) is 11.6 Å². The molecule has 2 unspecified atom stereocenters. The van der Waals surface area contributed by atoms with Gasteiger partial charge in [-0.3, -0.25) is 0 Å². The Labute approximate surface area is 91.5 Å². The van der Waals surface area contributed by atoms with Gasteiger partial charge in [-0.05, 0) is 51.2 Å². The van der Waals surface area contributed by atoms with E-state index in [0.29, 0.717) is 10.8 Å². The van der Waals surface area contributed by atoms with Gasteiger partial charge >= 0.3 is 0 Å². The molecule has 2 rings (SSSR count). The van der Waals surface area contributed by atoms with Crippen molar-refractivity contribution >= 4 is 11.8 Å². The maximum Gasteiger partial charge on any atom is 0.0286 e. The van der Waals surface area contributed by atoms with Crippen molar-refractivity contribution in [3.05, 3.63) is 11.6 Å². The van der Waals surface area contributed by atoms with E-state index in [0.717, 1.165) is 6.42 Å². The number of rotatable bonds is 3. The van der Waals surface area contributed by atoms with Gasteiger partial charge in [0.25, 0.3) is 0 Å². The van der Waals surface area contributed by atoms with Crippen molar-refractivity contribution in [1.29, 1.82) is 0 Å². The smallest absolute Gasteiger partial charge is 0.0286 e. The van der Waals surface area contributed by atoms with Crippen molar-refractivity contribution in [3.8, 4) is 0 Å². The quantitative estimate of drug-likeness (QED) is 0.726. The van der Waals surface area contributed by atoms with Crippen molar-refractivity contribution in [1.82, 2.24) is 0 Å². The van der Waals surface area contributed by atoms with Crippen LogP contribution in [0.3, 0.4) is 0 Å². The highest BCUT2D eigenvalue weighted by Crippen LogP contribution is 2.41. The Bertz CT molecular complexity index is 228. The van der Waals surface area contributed by atoms with Crippen LogP contribution in [0.25, 0.3) is 0 Å². The van der Waals surface area contributed by atoms with Crippen LogP contribution in [-0.2, 0) is 0 Å². The van der Waals surface area contributed by atoms with Crippen LogP contribution in [0.2, 0.25) is 0 Å². The van der Waals surface area contributed by atoms with Crippen LogP contribution in [0.15, 0.2) is 11.6 Å². The molecule has 1 heterocycles. The standard InChI is InChI=1S/C12H21NS/c1-12(7-4-8-14-12)11(13)9-10-5-2-3-6-10/h5,11H,2-4,6-9,13H2,1H3. The average Bonchev–Trinajstić information content (AvgIpc) is 2.76. The highest BCUT2D eigenvalue weighted by atomic mass is 32.2. The molecular formula is C12H21NS. The molecule has 0 spiro atoms. The Balaban J connectivity index is 1.90. The lowest BCUT2D eigenvalue weighted by Gasteiger charge is -2.30. The first-order chi connectivity index (χ1) is 6.71. The predicted octanol–water partition coefficient (Wildman–Crippen LogP) is 3.10. The Morgan fingerprint density at radius 1 is 1.57 bits per heavy atom. The second-order valence-electron chi connectivity index (χ2n) is 4.83. The van der Waals surface area contributed by atoms with Crippen molar-refractivity contribution < 1.29 is 0 Å². The molecule has 0 saturated carbocycles. The Kier molecular flexibility index (Phi) is 3.23. The van der Waals surface area contributed by atoms with Gasteiger partial charge in [0, 0.05) is 10.8 Å². The van der Waals surface area contributed by atoms with Crippen LogP contribution in [0, 0.1) is 0 Å². The summed E-state index contributed by atoms with van der Waals surface area (Å²) in [5.41, 5.74) is 7.95. The zero-order valence-electron chi connectivity index (χ0n) is 9.09. The van der Waals surface area contributed by atoms with E-state index in [2.05, 4.69) is 24.8 Å². The molecule has 0 amide bonds. The molecule has 2 aliphatic rings. The molecule has 2 atom stereocenters. The zero-order valence-corrected chi connectivity index (χ0v) is 9.91. The Hall–Kier alpha value is 0.0500. The number of nitrogens with two attached hydrogens (primary N) is 1. The molecular weight excluding hydrogens is 190 g/mol. The maximum atomic E-state index is 6.33. The van der Waals surface area contributed by atoms with Gasteiger partial charge in [-0.2, -0.15) is 11.8 Å². The predicted molar refractivity (Wildman–Crippen MR) is 64.6 cm³/mol. The first kappa shape index (κ1) is 10.6. The minimum absolute atomic E-state index is 0.365. The van der Waals surface area contributed by atoms with Crippen molar-refractivity contribution in [2.75, 3.05) is 5.75 Å². The summed E-state index contributed by atoms with van der Waals surface area (Å²) in [7, 11) is 0. The fourth-order valence-corrected chi connectivity index (χ4v) is 3.86. The third-order valence-electron chi connectivity index (χ3n) is 3.65. The topological polar surface area (TPSA) is 26.0 Å². The van der Waals surface area contributed by atoms with E-state index >= 15 is 0 Å². The van der Waals surface area contributed by atoms with Crippen LogP contribution >= 0.6 is 11.8 Å². The van der Waals surface area contributed by atoms with Gasteiger partial charge in [-0.25, -0.2) is 0 Å². The summed E-state index contributed by atoms with van der Waals surface area (Å²) >= 11 is 2.08. The van der Waals surface area contributed by atoms with Crippen LogP contribution in [0.4, 0.5) is 0 Å². The molecule has 1 fully saturated rings. The Morgan fingerprint density at radius 3 is 3.00 bits per heavy atom.